The fraction of sp³-hybridized carbons (Fsp3) is 0.250. The van der Waals surface area contributed by atoms with E-state index in [4.69, 9.17) is 0 Å². The molecule has 0 unspecified atom stereocenters. The largest absolute Gasteiger partial charge is 0.450 e. The lowest BCUT2D eigenvalue weighted by molar-refractivity contribution is -0.170. The molecule has 0 radical (unpaired) electrons. The first-order chi connectivity index (χ1) is 7.64. The highest BCUT2D eigenvalue weighted by Gasteiger charge is 2.40. The van der Waals surface area contributed by atoms with Gasteiger partial charge in [0.1, 0.15) is 0 Å². The number of hydrogen-bond acceptors (Lipinski definition) is 3. The predicted molar refractivity (Wildman–Crippen MR) is 38.6 cm³/mol. The normalized spacial score (nSPS) is 11.6. The van der Waals surface area contributed by atoms with E-state index in [0.29, 0.717) is 0 Å². The second-order valence-corrected chi connectivity index (χ2v) is 2.85. The Morgan fingerprint density at radius 1 is 1.06 bits per heavy atom. The smallest absolute Gasteiger partial charge is 0.422 e. The van der Waals surface area contributed by atoms with Crippen molar-refractivity contribution in [3.8, 4) is 0 Å². The van der Waals surface area contributed by atoms with Crippen molar-refractivity contribution in [2.45, 2.75) is 12.6 Å². The minimum Gasteiger partial charge on any atom is -0.422 e. The van der Waals surface area contributed by atoms with Gasteiger partial charge in [-0.25, -0.2) is 0 Å². The van der Waals surface area contributed by atoms with Gasteiger partial charge in [-0.1, -0.05) is 0 Å². The van der Waals surface area contributed by atoms with E-state index >= 15 is 0 Å². The molecule has 0 aliphatic heterocycles. The van der Waals surface area contributed by atoms with Gasteiger partial charge in [-0.3, -0.25) is 9.59 Å². The fourth-order valence-electron chi connectivity index (χ4n) is 0.871. The highest BCUT2D eigenvalue weighted by Crippen LogP contribution is 2.23. The van der Waals surface area contributed by atoms with Crippen molar-refractivity contribution in [2.24, 2.45) is 0 Å². The minimum absolute atomic E-state index is 1.59. The Kier molecular flexibility index (Phi) is 3.30. The molecule has 0 saturated carbocycles. The summed E-state index contributed by atoms with van der Waals surface area (Å²) in [6.07, 6.45) is -7.08. The van der Waals surface area contributed by atoms with Crippen LogP contribution in [0.15, 0.2) is 4.42 Å². The molecule has 0 atom stereocenters. The predicted octanol–water partition coefficient (Wildman–Crippen LogP) is 2.40. The van der Waals surface area contributed by atoms with Gasteiger partial charge in [-0.2, -0.15) is 26.3 Å². The fourth-order valence-corrected chi connectivity index (χ4v) is 0.871. The number of hydrogen-bond donors (Lipinski definition) is 0. The molecule has 0 bridgehead atoms. The summed E-state index contributed by atoms with van der Waals surface area (Å²) < 4.78 is 76.2. The van der Waals surface area contributed by atoms with Crippen molar-refractivity contribution in [3.05, 3.63) is 23.4 Å². The van der Waals surface area contributed by atoms with Crippen LogP contribution < -0.4 is 0 Å². The van der Waals surface area contributed by atoms with Crippen LogP contribution in [0, 0.1) is 17.6 Å². The van der Waals surface area contributed by atoms with E-state index in [2.05, 4.69) is 4.42 Å². The number of carbonyl (C=O) groups excluding carboxylic acids is 2. The molecule has 0 aliphatic rings. The summed E-state index contributed by atoms with van der Waals surface area (Å²) >= 11 is 0. The Morgan fingerprint density at radius 3 is 1.94 bits per heavy atom. The number of alkyl halides is 3. The molecule has 1 aromatic heterocycles. The van der Waals surface area contributed by atoms with E-state index in [9.17, 15) is 35.9 Å². The standard InChI is InChI=1S/C8H2F6O3/c9-4-5(10)7(11)17-6(4)2(15)1-3(16)8(12,13)14/h1H2. The number of furan rings is 1. The third kappa shape index (κ3) is 2.66. The quantitative estimate of drug-likeness (QED) is 0.476. The molecule has 0 aromatic carbocycles. The lowest BCUT2D eigenvalue weighted by Gasteiger charge is -2.02. The van der Waals surface area contributed by atoms with Gasteiger partial charge >= 0.3 is 12.2 Å². The summed E-state index contributed by atoms with van der Waals surface area (Å²) in [4.78, 5) is 21.3. The molecule has 0 fully saturated rings. The second-order valence-electron chi connectivity index (χ2n) is 2.85. The Bertz CT molecular complexity index is 472. The molecule has 94 valence electrons. The molecule has 0 aliphatic carbocycles. The summed E-state index contributed by atoms with van der Waals surface area (Å²) in [5, 5.41) is 0. The first-order valence-corrected chi connectivity index (χ1v) is 3.91. The van der Waals surface area contributed by atoms with Crippen molar-refractivity contribution in [2.75, 3.05) is 0 Å². The van der Waals surface area contributed by atoms with E-state index in [1.54, 1.807) is 0 Å². The van der Waals surface area contributed by atoms with Crippen LogP contribution in [0.3, 0.4) is 0 Å². The lowest BCUT2D eigenvalue weighted by atomic mass is 10.1. The molecule has 0 saturated heterocycles. The topological polar surface area (TPSA) is 47.3 Å². The number of ketones is 2. The van der Waals surface area contributed by atoms with Gasteiger partial charge in [0.15, 0.2) is 0 Å². The van der Waals surface area contributed by atoms with Crippen molar-refractivity contribution in [3.63, 3.8) is 0 Å². The maximum atomic E-state index is 12.7. The van der Waals surface area contributed by atoms with Gasteiger partial charge in [0.05, 0.1) is 6.42 Å². The Morgan fingerprint density at radius 2 is 1.59 bits per heavy atom. The van der Waals surface area contributed by atoms with Crippen LogP contribution in [0.5, 0.6) is 0 Å². The molecule has 3 nitrogen and oxygen atoms in total. The van der Waals surface area contributed by atoms with E-state index in [1.807, 2.05) is 0 Å². The van der Waals surface area contributed by atoms with Crippen molar-refractivity contribution in [1.82, 2.24) is 0 Å². The highest BCUT2D eigenvalue weighted by atomic mass is 19.4. The van der Waals surface area contributed by atoms with Gasteiger partial charge in [-0.05, 0) is 0 Å². The summed E-state index contributed by atoms with van der Waals surface area (Å²) in [5.74, 6) is -10.1. The van der Waals surface area contributed by atoms with Crippen LogP contribution in [0.25, 0.3) is 0 Å². The first kappa shape index (κ1) is 13.3. The highest BCUT2D eigenvalue weighted by molar-refractivity contribution is 6.08. The van der Waals surface area contributed by atoms with E-state index in [0.717, 1.165) is 0 Å². The molecule has 9 heteroatoms. The van der Waals surface area contributed by atoms with Crippen LogP contribution >= 0.6 is 0 Å². The molecule has 0 N–H and O–H groups in total. The average molecular weight is 260 g/mol. The van der Waals surface area contributed by atoms with Crippen LogP contribution in [0.2, 0.25) is 0 Å². The number of Topliss-reactive ketones (excluding diaryl/α,β-unsaturated/α-hetero) is 2. The zero-order chi connectivity index (χ0) is 13.4. The summed E-state index contributed by atoms with van der Waals surface area (Å²) in [7, 11) is 0. The van der Waals surface area contributed by atoms with Crippen molar-refractivity contribution in [1.29, 1.82) is 0 Å². The minimum atomic E-state index is -5.30. The maximum absolute atomic E-state index is 12.7. The van der Waals surface area contributed by atoms with E-state index < -0.39 is 47.6 Å². The molecule has 0 spiro atoms. The zero-order valence-electron chi connectivity index (χ0n) is 7.70. The third-order valence-corrected chi connectivity index (χ3v) is 1.65. The van der Waals surface area contributed by atoms with E-state index in [1.165, 1.54) is 0 Å². The SMILES string of the molecule is O=C(CC(=O)C(F)(F)F)c1oc(F)c(F)c1F. The van der Waals surface area contributed by atoms with Crippen LogP contribution in [0.4, 0.5) is 26.3 Å². The van der Waals surface area contributed by atoms with Crippen molar-refractivity contribution < 1.29 is 40.3 Å². The van der Waals surface area contributed by atoms with Gasteiger partial charge in [0, 0.05) is 0 Å². The average Bonchev–Trinajstić information content (AvgIpc) is 2.44. The molecular weight excluding hydrogens is 258 g/mol. The zero-order valence-corrected chi connectivity index (χ0v) is 7.70. The first-order valence-electron chi connectivity index (χ1n) is 3.91. The van der Waals surface area contributed by atoms with Gasteiger partial charge in [-0.15, -0.1) is 0 Å². The van der Waals surface area contributed by atoms with Gasteiger partial charge in [0.25, 0.3) is 0 Å². The molecule has 1 heterocycles. The van der Waals surface area contributed by atoms with Gasteiger partial charge in [0.2, 0.25) is 29.0 Å². The maximum Gasteiger partial charge on any atom is 0.450 e. The number of halogens is 6. The van der Waals surface area contributed by atoms with Crippen LogP contribution in [-0.4, -0.2) is 17.7 Å². The lowest BCUT2D eigenvalue weighted by Crippen LogP contribution is -2.25. The summed E-state index contributed by atoms with van der Waals surface area (Å²) in [5.41, 5.74) is 0. The monoisotopic (exact) mass is 260 g/mol. The summed E-state index contributed by atoms with van der Waals surface area (Å²) in [6, 6.07) is -2.08. The molecule has 1 aromatic rings. The number of carbonyl (C=O) groups is 2. The molecule has 17 heavy (non-hydrogen) atoms. The summed E-state index contributed by atoms with van der Waals surface area (Å²) in [6.45, 7) is 0. The molecule has 1 rings (SSSR count). The molecular formula is C8H2F6O3. The van der Waals surface area contributed by atoms with E-state index in [-0.39, 0.29) is 0 Å². The van der Waals surface area contributed by atoms with Crippen LogP contribution in [-0.2, 0) is 4.79 Å². The Balaban J connectivity index is 2.92. The van der Waals surface area contributed by atoms with Gasteiger partial charge < -0.3 is 4.42 Å². The van der Waals surface area contributed by atoms with Crippen molar-refractivity contribution >= 4 is 11.6 Å². The molecule has 0 amide bonds. The Labute approximate surface area is 89.0 Å². The number of rotatable bonds is 3. The Hall–Kier alpha value is -1.80. The second kappa shape index (κ2) is 4.22. The van der Waals surface area contributed by atoms with Crippen LogP contribution in [0.1, 0.15) is 17.0 Å². The third-order valence-electron chi connectivity index (χ3n) is 1.65.